The molecule has 1 aromatic heterocycles. The Morgan fingerprint density at radius 2 is 1.70 bits per heavy atom. The summed E-state index contributed by atoms with van der Waals surface area (Å²) in [5, 5.41) is 5.66. The number of carbonyl (C=O) groups is 1. The van der Waals surface area contributed by atoms with E-state index in [1.54, 1.807) is 0 Å². The van der Waals surface area contributed by atoms with Crippen LogP contribution in [0.3, 0.4) is 0 Å². The molecule has 0 aliphatic carbocycles. The third-order valence-electron chi connectivity index (χ3n) is 8.34. The van der Waals surface area contributed by atoms with E-state index in [1.165, 1.54) is 0 Å². The molecule has 6 nitrogen and oxygen atoms in total. The number of hydrogen-bond acceptors (Lipinski definition) is 4. The molecule has 0 bridgehead atoms. The van der Waals surface area contributed by atoms with Crippen molar-refractivity contribution >= 4 is 38.5 Å². The first-order valence-corrected chi connectivity index (χ1v) is 14.2. The third kappa shape index (κ3) is 5.48. The highest BCUT2D eigenvalue weighted by molar-refractivity contribution is 9.10. The Bertz CT molecular complexity index is 1270. The molecule has 2 aromatic carbocycles. The molecular formula is C30H37BrN4O2. The van der Waals surface area contributed by atoms with E-state index in [4.69, 9.17) is 4.84 Å². The summed E-state index contributed by atoms with van der Waals surface area (Å²) in [7, 11) is 2.03. The van der Waals surface area contributed by atoms with Gasteiger partial charge in [-0.15, -0.1) is 0 Å². The molecule has 1 amide bonds. The molecule has 3 aromatic rings. The number of benzene rings is 2. The minimum absolute atomic E-state index is 0.125. The topological polar surface area (TPSA) is 50.1 Å². The van der Waals surface area contributed by atoms with E-state index in [0.29, 0.717) is 12.5 Å². The Hall–Kier alpha value is -2.64. The zero-order valence-electron chi connectivity index (χ0n) is 22.1. The third-order valence-corrected chi connectivity index (χ3v) is 8.87. The lowest BCUT2D eigenvalue weighted by Gasteiger charge is -2.49. The number of carbonyl (C=O) groups excluding carboxylic acids is 1. The molecule has 3 heterocycles. The van der Waals surface area contributed by atoms with Gasteiger partial charge >= 0.3 is 0 Å². The standard InChI is InChI=1S/C30H37BrN4O2/c1-4-37-32-28(22-5-8-26(31)9-6-22)23-12-17-35(18-13-23)30(2)14-19-34(20-15-30)29(36)25-7-10-27-24(21-25)11-16-33(27)3/h5-11,16,21,23H,4,12-15,17-20H2,1-3H3. The number of hydrogen-bond donors (Lipinski definition) is 0. The lowest BCUT2D eigenvalue weighted by Crippen LogP contribution is -2.56. The number of piperidine rings is 2. The quantitative estimate of drug-likeness (QED) is 0.269. The van der Waals surface area contributed by atoms with Crippen molar-refractivity contribution < 1.29 is 9.63 Å². The molecule has 0 unspecified atom stereocenters. The van der Waals surface area contributed by atoms with Crippen LogP contribution in [0.1, 0.15) is 55.5 Å². The summed E-state index contributed by atoms with van der Waals surface area (Å²) >= 11 is 3.53. The van der Waals surface area contributed by atoms with Gasteiger partial charge in [-0.2, -0.15) is 0 Å². The maximum atomic E-state index is 13.3. The average Bonchev–Trinajstić information content (AvgIpc) is 3.30. The molecule has 196 valence electrons. The predicted molar refractivity (Wildman–Crippen MR) is 153 cm³/mol. The van der Waals surface area contributed by atoms with Crippen LogP contribution in [-0.2, 0) is 11.9 Å². The van der Waals surface area contributed by atoms with Gasteiger partial charge in [-0.25, -0.2) is 0 Å². The second kappa shape index (κ2) is 11.0. The second-order valence-corrected chi connectivity index (χ2v) is 11.6. The molecule has 0 saturated carbocycles. The first kappa shape index (κ1) is 26.0. The van der Waals surface area contributed by atoms with Crippen molar-refractivity contribution in [1.29, 1.82) is 0 Å². The van der Waals surface area contributed by atoms with Gasteiger partial charge in [0, 0.05) is 58.7 Å². The maximum absolute atomic E-state index is 13.3. The highest BCUT2D eigenvalue weighted by Crippen LogP contribution is 2.34. The van der Waals surface area contributed by atoms with Gasteiger partial charge in [0.1, 0.15) is 6.61 Å². The molecule has 0 N–H and O–H groups in total. The van der Waals surface area contributed by atoms with E-state index in [0.717, 1.165) is 84.1 Å². The number of fused-ring (bicyclic) bond motifs is 1. The van der Waals surface area contributed by atoms with Crippen LogP contribution in [0.2, 0.25) is 0 Å². The minimum Gasteiger partial charge on any atom is -0.396 e. The monoisotopic (exact) mass is 564 g/mol. The summed E-state index contributed by atoms with van der Waals surface area (Å²) < 4.78 is 3.16. The molecule has 37 heavy (non-hydrogen) atoms. The van der Waals surface area contributed by atoms with Crippen molar-refractivity contribution in [3.05, 3.63) is 70.3 Å². The lowest BCUT2D eigenvalue weighted by atomic mass is 9.82. The number of oxime groups is 1. The molecule has 2 saturated heterocycles. The van der Waals surface area contributed by atoms with Gasteiger partial charge in [0.05, 0.1) is 5.71 Å². The Labute approximate surface area is 228 Å². The van der Waals surface area contributed by atoms with Crippen molar-refractivity contribution in [2.24, 2.45) is 18.1 Å². The van der Waals surface area contributed by atoms with E-state index in [2.05, 4.69) is 73.9 Å². The average molecular weight is 566 g/mol. The van der Waals surface area contributed by atoms with Crippen molar-refractivity contribution in [3.8, 4) is 0 Å². The number of aromatic nitrogens is 1. The molecule has 7 heteroatoms. The Morgan fingerprint density at radius 3 is 2.38 bits per heavy atom. The molecule has 2 fully saturated rings. The summed E-state index contributed by atoms with van der Waals surface area (Å²) in [6.07, 6.45) is 6.18. The maximum Gasteiger partial charge on any atom is 0.253 e. The Kier molecular flexibility index (Phi) is 7.72. The van der Waals surface area contributed by atoms with Crippen LogP contribution in [-0.4, -0.2) is 64.3 Å². The number of aryl methyl sites for hydroxylation is 1. The van der Waals surface area contributed by atoms with Crippen LogP contribution in [0.5, 0.6) is 0 Å². The largest absolute Gasteiger partial charge is 0.396 e. The lowest BCUT2D eigenvalue weighted by molar-refractivity contribution is 0.0161. The molecular weight excluding hydrogens is 528 g/mol. The molecule has 0 radical (unpaired) electrons. The number of rotatable bonds is 6. The smallest absolute Gasteiger partial charge is 0.253 e. The highest BCUT2D eigenvalue weighted by atomic mass is 79.9. The van der Waals surface area contributed by atoms with Gasteiger partial charge in [0.15, 0.2) is 0 Å². The van der Waals surface area contributed by atoms with E-state index < -0.39 is 0 Å². The molecule has 2 aliphatic heterocycles. The van der Waals surface area contributed by atoms with E-state index >= 15 is 0 Å². The minimum atomic E-state index is 0.125. The van der Waals surface area contributed by atoms with Crippen LogP contribution in [0, 0.1) is 5.92 Å². The van der Waals surface area contributed by atoms with Gasteiger partial charge in [-0.1, -0.05) is 33.2 Å². The van der Waals surface area contributed by atoms with Crippen molar-refractivity contribution in [2.45, 2.75) is 45.1 Å². The fraction of sp³-hybridized carbons (Fsp3) is 0.467. The SMILES string of the molecule is CCON=C(c1ccc(Br)cc1)C1CCN(C2(C)CCN(C(=O)c3ccc4c(ccn4C)c3)CC2)CC1. The summed E-state index contributed by atoms with van der Waals surface area (Å²) in [6.45, 7) is 8.63. The fourth-order valence-corrected chi connectivity index (χ4v) is 6.18. The fourth-order valence-electron chi connectivity index (χ4n) is 5.92. The van der Waals surface area contributed by atoms with Crippen LogP contribution >= 0.6 is 15.9 Å². The Morgan fingerprint density at radius 1 is 1.03 bits per heavy atom. The highest BCUT2D eigenvalue weighted by Gasteiger charge is 2.39. The summed E-state index contributed by atoms with van der Waals surface area (Å²) in [6, 6.07) is 16.5. The van der Waals surface area contributed by atoms with Crippen molar-refractivity contribution in [3.63, 3.8) is 0 Å². The van der Waals surface area contributed by atoms with Crippen LogP contribution < -0.4 is 0 Å². The van der Waals surface area contributed by atoms with E-state index in [-0.39, 0.29) is 11.4 Å². The normalized spacial score (nSPS) is 19.4. The number of amides is 1. The van der Waals surface area contributed by atoms with Crippen molar-refractivity contribution in [1.82, 2.24) is 14.4 Å². The van der Waals surface area contributed by atoms with Gasteiger partial charge in [-0.3, -0.25) is 9.69 Å². The van der Waals surface area contributed by atoms with Crippen molar-refractivity contribution in [2.75, 3.05) is 32.8 Å². The first-order valence-electron chi connectivity index (χ1n) is 13.4. The molecule has 0 atom stereocenters. The van der Waals surface area contributed by atoms with Gasteiger partial charge in [0.25, 0.3) is 5.91 Å². The van der Waals surface area contributed by atoms with Crippen LogP contribution in [0.4, 0.5) is 0 Å². The number of halogens is 1. The van der Waals surface area contributed by atoms with Gasteiger partial charge in [0.2, 0.25) is 0 Å². The van der Waals surface area contributed by atoms with Crippen LogP contribution in [0.15, 0.2) is 64.4 Å². The summed E-state index contributed by atoms with van der Waals surface area (Å²) in [5.74, 6) is 0.542. The molecule has 5 rings (SSSR count). The zero-order valence-corrected chi connectivity index (χ0v) is 23.7. The van der Waals surface area contributed by atoms with Crippen LogP contribution in [0.25, 0.3) is 10.9 Å². The number of nitrogens with zero attached hydrogens (tertiary/aromatic N) is 4. The zero-order chi connectivity index (χ0) is 26.0. The predicted octanol–water partition coefficient (Wildman–Crippen LogP) is 6.09. The van der Waals surface area contributed by atoms with E-state index in [9.17, 15) is 4.79 Å². The number of likely N-dealkylation sites (tertiary alicyclic amines) is 2. The Balaban J connectivity index is 1.20. The van der Waals surface area contributed by atoms with Gasteiger partial charge < -0.3 is 14.3 Å². The second-order valence-electron chi connectivity index (χ2n) is 10.7. The molecule has 2 aliphatic rings. The first-order chi connectivity index (χ1) is 17.9. The van der Waals surface area contributed by atoms with E-state index in [1.807, 2.05) is 37.2 Å². The van der Waals surface area contributed by atoms with Gasteiger partial charge in [-0.05, 0) is 94.6 Å². The summed E-state index contributed by atoms with van der Waals surface area (Å²) in [4.78, 5) is 23.5. The molecule has 0 spiro atoms. The summed E-state index contributed by atoms with van der Waals surface area (Å²) in [5.41, 5.74) is 4.27.